The zero-order chi connectivity index (χ0) is 18.2. The van der Waals surface area contributed by atoms with Gasteiger partial charge in [0.1, 0.15) is 0 Å². The molecular formula is C17H24N2O4S. The molecule has 0 aliphatic rings. The van der Waals surface area contributed by atoms with Crippen molar-refractivity contribution >= 4 is 35.2 Å². The molecule has 132 valence electrons. The zero-order valence-electron chi connectivity index (χ0n) is 14.2. The van der Waals surface area contributed by atoms with Gasteiger partial charge in [-0.3, -0.25) is 14.4 Å². The molecule has 0 aliphatic carbocycles. The normalized spacial score (nSPS) is 11.0. The van der Waals surface area contributed by atoms with Gasteiger partial charge in [0, 0.05) is 12.2 Å². The first-order valence-corrected chi connectivity index (χ1v) is 8.80. The molecule has 0 saturated heterocycles. The molecule has 0 radical (unpaired) electrons. The van der Waals surface area contributed by atoms with Crippen LogP contribution < -0.4 is 10.6 Å². The van der Waals surface area contributed by atoms with Gasteiger partial charge in [-0.05, 0) is 39.3 Å². The number of carbonyl (C=O) groups excluding carboxylic acids is 2. The lowest BCUT2D eigenvalue weighted by atomic mass is 9.90. The summed E-state index contributed by atoms with van der Waals surface area (Å²) < 4.78 is 0. The van der Waals surface area contributed by atoms with E-state index in [1.165, 1.54) is 11.8 Å². The highest BCUT2D eigenvalue weighted by Gasteiger charge is 2.26. The first-order valence-electron chi connectivity index (χ1n) is 7.65. The lowest BCUT2D eigenvalue weighted by Crippen LogP contribution is -2.33. The predicted octanol–water partition coefficient (Wildman–Crippen LogP) is 2.28. The van der Waals surface area contributed by atoms with Crippen molar-refractivity contribution in [3.8, 4) is 0 Å². The van der Waals surface area contributed by atoms with Crippen LogP contribution in [0.2, 0.25) is 0 Å². The van der Waals surface area contributed by atoms with E-state index in [2.05, 4.69) is 10.6 Å². The Balaban J connectivity index is 2.19. The molecule has 7 heteroatoms. The maximum Gasteiger partial charge on any atom is 0.309 e. The van der Waals surface area contributed by atoms with Crippen LogP contribution in [0.5, 0.6) is 0 Å². The Bertz CT molecular complexity index is 585. The molecule has 0 fully saturated rings. The smallest absolute Gasteiger partial charge is 0.309 e. The van der Waals surface area contributed by atoms with Gasteiger partial charge in [-0.15, -0.1) is 11.8 Å². The number of anilines is 1. The van der Waals surface area contributed by atoms with E-state index < -0.39 is 11.4 Å². The average molecular weight is 352 g/mol. The summed E-state index contributed by atoms with van der Waals surface area (Å²) in [6.07, 6.45) is 0.354. The number of nitrogens with one attached hydrogen (secondary N) is 2. The van der Waals surface area contributed by atoms with Gasteiger partial charge in [-0.1, -0.05) is 17.7 Å². The summed E-state index contributed by atoms with van der Waals surface area (Å²) in [6.45, 7) is 5.50. The second-order valence-electron chi connectivity index (χ2n) is 6.20. The molecule has 0 atom stereocenters. The molecule has 6 nitrogen and oxygen atoms in total. The van der Waals surface area contributed by atoms with Gasteiger partial charge in [0.05, 0.1) is 16.9 Å². The van der Waals surface area contributed by atoms with Crippen LogP contribution >= 0.6 is 11.8 Å². The summed E-state index contributed by atoms with van der Waals surface area (Å²) in [7, 11) is 0. The quantitative estimate of drug-likeness (QED) is 0.634. The lowest BCUT2D eigenvalue weighted by molar-refractivity contribution is -0.147. The van der Waals surface area contributed by atoms with Crippen molar-refractivity contribution in [3.63, 3.8) is 0 Å². The van der Waals surface area contributed by atoms with Crippen molar-refractivity contribution in [2.75, 3.05) is 23.4 Å². The van der Waals surface area contributed by atoms with E-state index in [1.54, 1.807) is 13.8 Å². The maximum atomic E-state index is 11.8. The molecule has 0 aliphatic heterocycles. The van der Waals surface area contributed by atoms with Crippen molar-refractivity contribution in [2.24, 2.45) is 5.41 Å². The second-order valence-corrected chi connectivity index (χ2v) is 7.18. The number of benzene rings is 1. The number of hydrogen-bond acceptors (Lipinski definition) is 4. The van der Waals surface area contributed by atoms with Crippen LogP contribution in [0.3, 0.4) is 0 Å². The van der Waals surface area contributed by atoms with Crippen molar-refractivity contribution in [1.29, 1.82) is 0 Å². The Morgan fingerprint density at radius 1 is 1.08 bits per heavy atom. The predicted molar refractivity (Wildman–Crippen MR) is 96.2 cm³/mol. The molecule has 2 amide bonds. The Hall–Kier alpha value is -2.02. The first kappa shape index (κ1) is 20.0. The largest absolute Gasteiger partial charge is 0.481 e. The van der Waals surface area contributed by atoms with Crippen molar-refractivity contribution < 1.29 is 19.5 Å². The molecule has 0 bridgehead atoms. The number of aryl methyl sites for hydroxylation is 1. The van der Waals surface area contributed by atoms with E-state index in [-0.39, 0.29) is 23.3 Å². The van der Waals surface area contributed by atoms with Gasteiger partial charge in [0.15, 0.2) is 0 Å². The van der Waals surface area contributed by atoms with Crippen LogP contribution in [-0.4, -0.2) is 40.9 Å². The molecule has 1 aromatic rings. The van der Waals surface area contributed by atoms with E-state index in [0.29, 0.717) is 13.0 Å². The van der Waals surface area contributed by atoms with Crippen molar-refractivity contribution in [3.05, 3.63) is 29.8 Å². The minimum absolute atomic E-state index is 0.162. The molecule has 0 saturated carbocycles. The van der Waals surface area contributed by atoms with Gasteiger partial charge in [0.2, 0.25) is 11.8 Å². The number of aliphatic carboxylic acids is 1. The number of carbonyl (C=O) groups is 3. The summed E-state index contributed by atoms with van der Waals surface area (Å²) in [6, 6.07) is 7.48. The molecule has 3 N–H and O–H groups in total. The van der Waals surface area contributed by atoms with Gasteiger partial charge >= 0.3 is 5.97 Å². The first-order chi connectivity index (χ1) is 11.2. The number of hydrogen-bond donors (Lipinski definition) is 3. The zero-order valence-corrected chi connectivity index (χ0v) is 15.0. The fourth-order valence-corrected chi connectivity index (χ4v) is 2.39. The Morgan fingerprint density at radius 2 is 1.67 bits per heavy atom. The van der Waals surface area contributed by atoms with E-state index in [4.69, 9.17) is 5.11 Å². The monoisotopic (exact) mass is 352 g/mol. The number of carboxylic acids is 1. The van der Waals surface area contributed by atoms with Crippen molar-refractivity contribution in [2.45, 2.75) is 27.2 Å². The van der Waals surface area contributed by atoms with Crippen LogP contribution in [0.25, 0.3) is 0 Å². The maximum absolute atomic E-state index is 11.8. The molecule has 0 heterocycles. The second kappa shape index (κ2) is 9.32. The van der Waals surface area contributed by atoms with Gasteiger partial charge in [-0.25, -0.2) is 0 Å². The fraction of sp³-hybridized carbons (Fsp3) is 0.471. The minimum atomic E-state index is -0.890. The lowest BCUT2D eigenvalue weighted by Gasteiger charge is -2.18. The summed E-state index contributed by atoms with van der Waals surface area (Å²) in [5, 5.41) is 14.4. The number of thioether (sulfide) groups is 1. The summed E-state index contributed by atoms with van der Waals surface area (Å²) >= 11 is 1.22. The molecule has 1 aromatic carbocycles. The van der Waals surface area contributed by atoms with Crippen LogP contribution in [-0.2, 0) is 14.4 Å². The van der Waals surface area contributed by atoms with E-state index in [1.807, 2.05) is 31.2 Å². The Kier molecular flexibility index (Phi) is 7.78. The topological polar surface area (TPSA) is 95.5 Å². The third-order valence-electron chi connectivity index (χ3n) is 3.45. The number of rotatable bonds is 9. The highest BCUT2D eigenvalue weighted by Crippen LogP contribution is 2.19. The minimum Gasteiger partial charge on any atom is -0.481 e. The van der Waals surface area contributed by atoms with Crippen LogP contribution in [0.4, 0.5) is 5.69 Å². The molecule has 0 aromatic heterocycles. The number of amides is 2. The standard InChI is InChI=1S/C17H24N2O4S/c1-12-4-6-13(7-5-12)19-15(21)11-24-10-14(20)18-9-8-17(2,3)16(22)23/h4-7H,8-11H2,1-3H3,(H,18,20)(H,19,21)(H,22,23). The third kappa shape index (κ3) is 7.50. The summed E-state index contributed by atoms with van der Waals surface area (Å²) in [4.78, 5) is 34.4. The van der Waals surface area contributed by atoms with Gasteiger partial charge in [-0.2, -0.15) is 0 Å². The molecule has 0 unspecified atom stereocenters. The molecule has 1 rings (SSSR count). The van der Waals surface area contributed by atoms with E-state index in [9.17, 15) is 14.4 Å². The van der Waals surface area contributed by atoms with E-state index in [0.717, 1.165) is 11.3 Å². The number of carboxylic acid groups (broad SMARTS) is 1. The van der Waals surface area contributed by atoms with E-state index >= 15 is 0 Å². The van der Waals surface area contributed by atoms with Gasteiger partial charge in [0.25, 0.3) is 0 Å². The average Bonchev–Trinajstić information content (AvgIpc) is 2.49. The van der Waals surface area contributed by atoms with Crippen LogP contribution in [0.1, 0.15) is 25.8 Å². The molecule has 0 spiro atoms. The summed E-state index contributed by atoms with van der Waals surface area (Å²) in [5.74, 6) is -0.914. The Morgan fingerprint density at radius 3 is 2.25 bits per heavy atom. The van der Waals surface area contributed by atoms with Crippen molar-refractivity contribution in [1.82, 2.24) is 5.32 Å². The summed E-state index contributed by atoms with van der Waals surface area (Å²) in [5.41, 5.74) is 0.977. The van der Waals surface area contributed by atoms with Crippen LogP contribution in [0, 0.1) is 12.3 Å². The Labute approximate surface area is 146 Å². The fourth-order valence-electron chi connectivity index (χ4n) is 1.74. The SMILES string of the molecule is Cc1ccc(NC(=O)CSCC(=O)NCCC(C)(C)C(=O)O)cc1. The van der Waals surface area contributed by atoms with Gasteiger partial charge < -0.3 is 15.7 Å². The van der Waals surface area contributed by atoms with Crippen LogP contribution in [0.15, 0.2) is 24.3 Å². The third-order valence-corrected chi connectivity index (χ3v) is 4.39. The highest BCUT2D eigenvalue weighted by molar-refractivity contribution is 8.00. The molecule has 24 heavy (non-hydrogen) atoms. The molecular weight excluding hydrogens is 328 g/mol. The highest BCUT2D eigenvalue weighted by atomic mass is 32.2.